The molecule has 1 saturated heterocycles. The maximum atomic E-state index is 13.1. The third-order valence-corrected chi connectivity index (χ3v) is 7.85. The molecule has 0 radical (unpaired) electrons. The summed E-state index contributed by atoms with van der Waals surface area (Å²) >= 11 is 0. The largest absolute Gasteiger partial charge is 0.494 e. The predicted octanol–water partition coefficient (Wildman–Crippen LogP) is 3.80. The van der Waals surface area contributed by atoms with E-state index in [4.69, 9.17) is 19.6 Å². The molecule has 1 aliphatic heterocycles. The van der Waals surface area contributed by atoms with Crippen LogP contribution in [0.4, 0.5) is 0 Å². The van der Waals surface area contributed by atoms with Crippen molar-refractivity contribution in [3.8, 4) is 17.0 Å². The Labute approximate surface area is 195 Å². The lowest BCUT2D eigenvalue weighted by Gasteiger charge is -2.33. The van der Waals surface area contributed by atoms with Crippen LogP contribution >= 0.6 is 0 Å². The van der Waals surface area contributed by atoms with Crippen LogP contribution in [-0.2, 0) is 26.8 Å². The van der Waals surface area contributed by atoms with E-state index in [9.17, 15) is 9.00 Å². The highest BCUT2D eigenvalue weighted by Gasteiger charge is 2.45. The summed E-state index contributed by atoms with van der Waals surface area (Å²) in [6, 6.07) is 17.0. The SMILES string of the molecule is Cc1oc(CCCOc2ccc(S(=O)C3(C(N)=O)CCOCC3)cc2)nc1-c1ccccc1. The van der Waals surface area contributed by atoms with Gasteiger partial charge in [-0.2, -0.15) is 0 Å². The Hall–Kier alpha value is -2.97. The van der Waals surface area contributed by atoms with Crippen molar-refractivity contribution in [3.05, 3.63) is 66.2 Å². The first-order valence-electron chi connectivity index (χ1n) is 11.0. The maximum Gasteiger partial charge on any atom is 0.236 e. The van der Waals surface area contributed by atoms with E-state index < -0.39 is 21.5 Å². The Balaban J connectivity index is 1.30. The number of nitrogens with two attached hydrogens (primary N) is 1. The Morgan fingerprint density at radius 2 is 1.82 bits per heavy atom. The lowest BCUT2D eigenvalue weighted by Crippen LogP contribution is -2.51. The fourth-order valence-corrected chi connectivity index (χ4v) is 5.50. The topological polar surface area (TPSA) is 105 Å². The van der Waals surface area contributed by atoms with E-state index in [1.165, 1.54) is 0 Å². The van der Waals surface area contributed by atoms with Crippen LogP contribution in [0, 0.1) is 6.92 Å². The summed E-state index contributed by atoms with van der Waals surface area (Å²) in [6.45, 7) is 3.18. The summed E-state index contributed by atoms with van der Waals surface area (Å²) in [4.78, 5) is 17.3. The first kappa shape index (κ1) is 23.2. The molecule has 7 nitrogen and oxygen atoms in total. The van der Waals surface area contributed by atoms with Crippen molar-refractivity contribution in [3.63, 3.8) is 0 Å². The number of hydrogen-bond donors (Lipinski definition) is 1. The highest BCUT2D eigenvalue weighted by atomic mass is 32.2. The highest BCUT2D eigenvalue weighted by molar-refractivity contribution is 7.87. The van der Waals surface area contributed by atoms with Crippen molar-refractivity contribution in [2.45, 2.75) is 42.2 Å². The number of benzene rings is 2. The molecule has 1 aromatic heterocycles. The van der Waals surface area contributed by atoms with Gasteiger partial charge in [-0.05, 0) is 50.5 Å². The normalized spacial score (nSPS) is 16.3. The number of aromatic nitrogens is 1. The van der Waals surface area contributed by atoms with E-state index in [2.05, 4.69) is 4.98 Å². The van der Waals surface area contributed by atoms with Gasteiger partial charge in [-0.15, -0.1) is 0 Å². The molecule has 1 fully saturated rings. The number of primary amides is 1. The average Bonchev–Trinajstić information content (AvgIpc) is 3.23. The number of carbonyl (C=O) groups excluding carboxylic acids is 1. The molecule has 1 atom stereocenters. The second kappa shape index (κ2) is 10.3. The van der Waals surface area contributed by atoms with E-state index in [1.807, 2.05) is 37.3 Å². The molecule has 33 heavy (non-hydrogen) atoms. The maximum absolute atomic E-state index is 13.1. The zero-order valence-corrected chi connectivity index (χ0v) is 19.4. The van der Waals surface area contributed by atoms with Crippen LogP contribution in [0.5, 0.6) is 5.75 Å². The molecule has 0 aliphatic carbocycles. The van der Waals surface area contributed by atoms with Gasteiger partial charge in [0.15, 0.2) is 5.89 Å². The Kier molecular flexibility index (Phi) is 7.25. The van der Waals surface area contributed by atoms with Crippen LogP contribution in [0.25, 0.3) is 11.3 Å². The van der Waals surface area contributed by atoms with Gasteiger partial charge in [-0.25, -0.2) is 4.98 Å². The summed E-state index contributed by atoms with van der Waals surface area (Å²) in [5.41, 5.74) is 7.53. The molecule has 0 bridgehead atoms. The third-order valence-electron chi connectivity index (χ3n) is 5.83. The van der Waals surface area contributed by atoms with Gasteiger partial charge in [0.05, 0.1) is 17.4 Å². The minimum absolute atomic E-state index is 0.361. The Morgan fingerprint density at radius 3 is 2.48 bits per heavy atom. The van der Waals surface area contributed by atoms with Crippen molar-refractivity contribution in [1.29, 1.82) is 0 Å². The molecule has 0 saturated carbocycles. The number of ether oxygens (including phenoxy) is 2. The van der Waals surface area contributed by atoms with Crippen molar-refractivity contribution < 1.29 is 22.9 Å². The number of hydrogen-bond acceptors (Lipinski definition) is 6. The van der Waals surface area contributed by atoms with E-state index in [0.717, 1.165) is 23.4 Å². The van der Waals surface area contributed by atoms with Crippen LogP contribution < -0.4 is 10.5 Å². The second-order valence-electron chi connectivity index (χ2n) is 8.04. The van der Waals surface area contributed by atoms with Crippen LogP contribution in [-0.4, -0.2) is 39.7 Å². The van der Waals surface area contributed by atoms with Gasteiger partial charge in [0, 0.05) is 30.1 Å². The minimum Gasteiger partial charge on any atom is -0.494 e. The van der Waals surface area contributed by atoms with Crippen molar-refractivity contribution in [2.75, 3.05) is 19.8 Å². The van der Waals surface area contributed by atoms with Gasteiger partial charge < -0.3 is 19.6 Å². The minimum atomic E-state index is -1.55. The number of aryl methyl sites for hydroxylation is 2. The molecule has 0 spiro atoms. The summed E-state index contributed by atoms with van der Waals surface area (Å²) in [5, 5.41) is 0. The number of oxazole rings is 1. The van der Waals surface area contributed by atoms with Gasteiger partial charge in [-0.1, -0.05) is 30.3 Å². The van der Waals surface area contributed by atoms with Gasteiger partial charge in [0.2, 0.25) is 5.91 Å². The number of rotatable bonds is 9. The summed E-state index contributed by atoms with van der Waals surface area (Å²) < 4.78 is 29.0. The van der Waals surface area contributed by atoms with E-state index in [0.29, 0.717) is 55.6 Å². The Morgan fingerprint density at radius 1 is 1.12 bits per heavy atom. The molecular weight excluding hydrogens is 440 g/mol. The average molecular weight is 469 g/mol. The van der Waals surface area contributed by atoms with Gasteiger partial charge in [0.1, 0.15) is 22.0 Å². The zero-order chi connectivity index (χ0) is 23.3. The zero-order valence-electron chi connectivity index (χ0n) is 18.6. The standard InChI is InChI=1S/C25H28N2O5S/c1-18-23(19-6-3-2-4-7-19)27-22(32-18)8-5-15-31-20-9-11-21(12-10-20)33(29)25(24(26)28)13-16-30-17-14-25/h2-4,6-7,9-12H,5,8,13-17H2,1H3,(H2,26,28). The molecule has 1 aliphatic rings. The number of nitrogens with zero attached hydrogens (tertiary/aromatic N) is 1. The molecule has 2 aromatic carbocycles. The van der Waals surface area contributed by atoms with Crippen LogP contribution in [0.15, 0.2) is 63.9 Å². The lowest BCUT2D eigenvalue weighted by molar-refractivity contribution is -0.122. The molecule has 1 unspecified atom stereocenters. The third kappa shape index (κ3) is 5.17. The smallest absolute Gasteiger partial charge is 0.236 e. The second-order valence-corrected chi connectivity index (χ2v) is 9.83. The summed E-state index contributed by atoms with van der Waals surface area (Å²) in [6.07, 6.45) is 2.13. The molecule has 3 aromatic rings. The fourth-order valence-electron chi connectivity index (χ4n) is 3.94. The molecular formula is C25H28N2O5S. The quantitative estimate of drug-likeness (QED) is 0.479. The molecule has 2 N–H and O–H groups in total. The molecule has 8 heteroatoms. The molecule has 174 valence electrons. The number of carbonyl (C=O) groups is 1. The first-order chi connectivity index (χ1) is 16.0. The monoisotopic (exact) mass is 468 g/mol. The van der Waals surface area contributed by atoms with E-state index >= 15 is 0 Å². The van der Waals surface area contributed by atoms with Gasteiger partial charge >= 0.3 is 0 Å². The summed E-state index contributed by atoms with van der Waals surface area (Å²) in [7, 11) is -1.55. The first-order valence-corrected chi connectivity index (χ1v) is 12.2. The van der Waals surface area contributed by atoms with E-state index in [1.54, 1.807) is 24.3 Å². The van der Waals surface area contributed by atoms with Gasteiger partial charge in [0.25, 0.3) is 0 Å². The molecule has 4 rings (SSSR count). The molecule has 2 heterocycles. The van der Waals surface area contributed by atoms with Crippen molar-refractivity contribution >= 4 is 16.7 Å². The van der Waals surface area contributed by atoms with Crippen LogP contribution in [0.2, 0.25) is 0 Å². The predicted molar refractivity (Wildman–Crippen MR) is 125 cm³/mol. The van der Waals surface area contributed by atoms with E-state index in [-0.39, 0.29) is 0 Å². The van der Waals surface area contributed by atoms with Crippen LogP contribution in [0.1, 0.15) is 30.9 Å². The summed E-state index contributed by atoms with van der Waals surface area (Å²) in [5.74, 6) is 1.62. The van der Waals surface area contributed by atoms with Crippen molar-refractivity contribution in [1.82, 2.24) is 4.98 Å². The highest BCUT2D eigenvalue weighted by Crippen LogP contribution is 2.32. The van der Waals surface area contributed by atoms with Gasteiger partial charge in [-0.3, -0.25) is 9.00 Å². The fraction of sp³-hybridized carbons (Fsp3) is 0.360. The van der Waals surface area contributed by atoms with Crippen LogP contribution in [0.3, 0.4) is 0 Å². The van der Waals surface area contributed by atoms with Crippen molar-refractivity contribution in [2.24, 2.45) is 5.73 Å². The Bertz CT molecular complexity index is 1110. The number of amides is 1. The lowest BCUT2D eigenvalue weighted by atomic mass is 9.98. The molecule has 1 amide bonds.